The molecule has 13 heavy (non-hydrogen) atoms. The quantitative estimate of drug-likeness (QED) is 0.520. The van der Waals surface area contributed by atoms with Crippen LogP contribution in [-0.4, -0.2) is 29.2 Å². The molecule has 1 saturated heterocycles. The molecule has 0 atom stereocenters. The number of nitrogens with zero attached hydrogens (tertiary/aromatic N) is 1. The minimum absolute atomic E-state index is 0. The molecule has 74 valence electrons. The average molecular weight is 239 g/mol. The first kappa shape index (κ1) is 18.6. The van der Waals surface area contributed by atoms with Crippen molar-refractivity contribution in [3.8, 4) is 0 Å². The van der Waals surface area contributed by atoms with Crippen molar-refractivity contribution < 1.29 is 29.4 Å². The fraction of sp³-hybridized carbons (Fsp3) is 0.667. The maximum Gasteiger partial charge on any atom is 2.00 e. The van der Waals surface area contributed by atoms with Crippen LogP contribution in [0.1, 0.15) is 26.7 Å². The van der Waals surface area contributed by atoms with Gasteiger partial charge in [0.05, 0.1) is 0 Å². The predicted molar refractivity (Wildman–Crippen MR) is 50.9 cm³/mol. The minimum Gasteiger partial charge on any atom is -0.465 e. The van der Waals surface area contributed by atoms with Crippen LogP contribution in [-0.2, 0) is 19.5 Å². The Hall–Kier alpha value is -0.107. The van der Waals surface area contributed by atoms with Gasteiger partial charge in [0.2, 0.25) is 0 Å². The second kappa shape index (κ2) is 14.4. The number of amides is 1. The molecule has 0 bridgehead atoms. The maximum atomic E-state index is 10.1. The summed E-state index contributed by atoms with van der Waals surface area (Å²) in [6.45, 7) is 11.5. The van der Waals surface area contributed by atoms with E-state index in [1.54, 1.807) is 13.8 Å². The molecule has 1 rings (SSSR count). The topological polar surface area (TPSA) is 40.5 Å². The van der Waals surface area contributed by atoms with E-state index in [1.165, 1.54) is 4.90 Å². The Bertz CT molecular complexity index is 104. The molecule has 1 amide bonds. The molecule has 0 aromatic rings. The molecule has 0 aromatic heterocycles. The number of hydrogen-bond acceptors (Lipinski definition) is 1. The number of carboxylic acid groups (broad SMARTS) is 1. The smallest absolute Gasteiger partial charge is 0.465 e. The van der Waals surface area contributed by atoms with E-state index in [2.05, 4.69) is 13.8 Å². The molecule has 1 aliphatic heterocycles. The Balaban J connectivity index is -0.000000178. The second-order valence-corrected chi connectivity index (χ2v) is 1.98. The normalized spacial score (nSPS) is 12.8. The second-order valence-electron chi connectivity index (χ2n) is 1.98. The summed E-state index contributed by atoms with van der Waals surface area (Å²) in [6.07, 6.45) is 1.29. The third kappa shape index (κ3) is 9.81. The summed E-state index contributed by atoms with van der Waals surface area (Å²) in [7, 11) is 0. The Morgan fingerprint density at radius 2 is 1.46 bits per heavy atom. The van der Waals surface area contributed by atoms with Crippen molar-refractivity contribution in [3.63, 3.8) is 0 Å². The number of hydrogen-bond donors (Lipinski definition) is 1. The van der Waals surface area contributed by atoms with E-state index < -0.39 is 6.09 Å². The van der Waals surface area contributed by atoms with Crippen molar-refractivity contribution in [3.05, 3.63) is 13.8 Å². The van der Waals surface area contributed by atoms with Gasteiger partial charge in [-0.25, -0.2) is 4.79 Å². The van der Waals surface area contributed by atoms with E-state index >= 15 is 0 Å². The fourth-order valence-corrected chi connectivity index (χ4v) is 0.908. The molecule has 0 unspecified atom stereocenters. The van der Waals surface area contributed by atoms with Gasteiger partial charge in [-0.05, 0) is 12.8 Å². The van der Waals surface area contributed by atoms with Crippen LogP contribution in [0.25, 0.3) is 0 Å². The summed E-state index contributed by atoms with van der Waals surface area (Å²) in [5.41, 5.74) is 0. The zero-order chi connectivity index (χ0) is 9.98. The largest absolute Gasteiger partial charge is 2.00 e. The molecule has 1 aliphatic rings. The summed E-state index contributed by atoms with van der Waals surface area (Å²) >= 11 is 0. The molecule has 4 heteroatoms. The van der Waals surface area contributed by atoms with Crippen LogP contribution in [0.5, 0.6) is 0 Å². The van der Waals surface area contributed by atoms with E-state index in [-0.39, 0.29) is 19.5 Å². The van der Waals surface area contributed by atoms with Crippen molar-refractivity contribution in [1.82, 2.24) is 4.90 Å². The van der Waals surface area contributed by atoms with Crippen molar-refractivity contribution in [2.75, 3.05) is 13.1 Å². The van der Waals surface area contributed by atoms with Gasteiger partial charge in [-0.3, -0.25) is 0 Å². The molecule has 0 aliphatic carbocycles. The summed E-state index contributed by atoms with van der Waals surface area (Å²) in [5, 5.41) is 8.34. The van der Waals surface area contributed by atoms with Crippen LogP contribution >= 0.6 is 0 Å². The summed E-state index contributed by atoms with van der Waals surface area (Å²) in [4.78, 5) is 11.6. The van der Waals surface area contributed by atoms with Gasteiger partial charge in [0, 0.05) is 13.1 Å². The van der Waals surface area contributed by atoms with Gasteiger partial charge in [0.1, 0.15) is 0 Å². The average Bonchev–Trinajstić information content (AvgIpc) is 2.64. The maximum absolute atomic E-state index is 10.1. The molecule has 1 N–H and O–H groups in total. The van der Waals surface area contributed by atoms with E-state index in [4.69, 9.17) is 5.11 Å². The van der Waals surface area contributed by atoms with Crippen molar-refractivity contribution >= 4 is 6.09 Å². The summed E-state index contributed by atoms with van der Waals surface area (Å²) in [6, 6.07) is 0. The van der Waals surface area contributed by atoms with Crippen LogP contribution in [0.3, 0.4) is 0 Å². The van der Waals surface area contributed by atoms with Crippen molar-refractivity contribution in [2.45, 2.75) is 26.7 Å². The van der Waals surface area contributed by atoms with Crippen LogP contribution in [0.4, 0.5) is 4.79 Å². The van der Waals surface area contributed by atoms with Crippen LogP contribution in [0.15, 0.2) is 0 Å². The van der Waals surface area contributed by atoms with Crippen LogP contribution < -0.4 is 0 Å². The Kier molecular flexibility index (Phi) is 20.7. The van der Waals surface area contributed by atoms with Gasteiger partial charge in [0.15, 0.2) is 0 Å². The van der Waals surface area contributed by atoms with Gasteiger partial charge in [-0.15, -0.1) is 0 Å². The molecule has 1 heterocycles. The van der Waals surface area contributed by atoms with Gasteiger partial charge in [0.25, 0.3) is 0 Å². The van der Waals surface area contributed by atoms with Gasteiger partial charge >= 0.3 is 25.6 Å². The van der Waals surface area contributed by atoms with Crippen LogP contribution in [0.2, 0.25) is 0 Å². The van der Waals surface area contributed by atoms with Crippen molar-refractivity contribution in [2.24, 2.45) is 0 Å². The summed E-state index contributed by atoms with van der Waals surface area (Å²) < 4.78 is 0. The van der Waals surface area contributed by atoms with Crippen LogP contribution in [0, 0.1) is 13.8 Å². The number of likely N-dealkylation sites (tertiary alicyclic amines) is 1. The first-order valence-electron chi connectivity index (χ1n) is 4.20. The van der Waals surface area contributed by atoms with Crippen molar-refractivity contribution in [1.29, 1.82) is 0 Å². The minimum atomic E-state index is -0.775. The van der Waals surface area contributed by atoms with E-state index in [9.17, 15) is 4.79 Å². The van der Waals surface area contributed by atoms with Gasteiger partial charge < -0.3 is 23.9 Å². The SMILES string of the molecule is O=C(O)N1CCCC1.[CH2-]C.[CH2-]C.[Zn+2]. The molecule has 0 spiro atoms. The standard InChI is InChI=1S/C5H9NO2.2C2H5.Zn/c7-5(8)6-3-1-2-4-6;2*1-2;/h1-4H2,(H,7,8);2*1H2,2H3;/q;2*-1;+2. The third-order valence-electron chi connectivity index (χ3n) is 1.38. The van der Waals surface area contributed by atoms with E-state index in [0.717, 1.165) is 25.9 Å². The molecule has 0 saturated carbocycles. The molecule has 1 fully saturated rings. The third-order valence-corrected chi connectivity index (χ3v) is 1.38. The molecule has 0 aromatic carbocycles. The molecule has 3 nitrogen and oxygen atoms in total. The summed E-state index contributed by atoms with van der Waals surface area (Å²) in [5.74, 6) is 0. The molecular weight excluding hydrogens is 219 g/mol. The zero-order valence-corrected chi connectivity index (χ0v) is 11.7. The first-order chi connectivity index (χ1) is 5.80. The van der Waals surface area contributed by atoms with E-state index in [0.29, 0.717) is 0 Å². The Morgan fingerprint density at radius 3 is 1.62 bits per heavy atom. The monoisotopic (exact) mass is 237 g/mol. The number of rotatable bonds is 0. The predicted octanol–water partition coefficient (Wildman–Crippen LogP) is 2.44. The van der Waals surface area contributed by atoms with E-state index in [1.807, 2.05) is 0 Å². The Labute approximate surface area is 94.3 Å². The zero-order valence-electron chi connectivity index (χ0n) is 8.75. The first-order valence-corrected chi connectivity index (χ1v) is 4.20. The molecular formula is C9H19NO2Zn. The Morgan fingerprint density at radius 1 is 1.15 bits per heavy atom. The number of carbonyl (C=O) groups is 1. The fourth-order valence-electron chi connectivity index (χ4n) is 0.908. The van der Waals surface area contributed by atoms with Gasteiger partial charge in [-0.1, -0.05) is 0 Å². The molecule has 0 radical (unpaired) electrons. The van der Waals surface area contributed by atoms with Gasteiger partial charge in [-0.2, -0.15) is 13.8 Å².